The van der Waals surface area contributed by atoms with Gasteiger partial charge in [-0.3, -0.25) is 19.3 Å². The average Bonchev–Trinajstić information content (AvgIpc) is 3.03. The molecule has 7 nitrogen and oxygen atoms in total. The Bertz CT molecular complexity index is 1220. The first-order valence-corrected chi connectivity index (χ1v) is 12.0. The molecule has 1 fully saturated rings. The molecule has 176 valence electrons. The van der Waals surface area contributed by atoms with Gasteiger partial charge in [-0.05, 0) is 95.5 Å². The second-order valence-corrected chi connectivity index (χ2v) is 9.22. The molecule has 0 unspecified atom stereocenters. The van der Waals surface area contributed by atoms with Crippen LogP contribution in [0, 0.1) is 26.2 Å². The van der Waals surface area contributed by atoms with Crippen LogP contribution in [0.25, 0.3) is 6.08 Å². The van der Waals surface area contributed by atoms with Gasteiger partial charge in [-0.25, -0.2) is 0 Å². The molecule has 2 aromatic carbocycles. The number of nitrogens with one attached hydrogen (secondary N) is 1. The van der Waals surface area contributed by atoms with Crippen molar-refractivity contribution in [3.8, 4) is 23.8 Å². The number of nitrogens with zero attached hydrogens (tertiary/aromatic N) is 1. The Morgan fingerprint density at radius 1 is 1.21 bits per heavy atom. The standard InChI is InChI=1S/C25H23BrN2O5S/c1-5-9-33-23-19(26)11-17(12-20(23)32-6-2)13-21-24(30)28(25(31)34-21)14-22(29)27-18-8-7-15(3)16(4)10-18/h1,7-8,10-13H,6,9,14H2,2-4H3,(H,27,29)/b21-13-. The summed E-state index contributed by atoms with van der Waals surface area (Å²) < 4.78 is 11.8. The van der Waals surface area contributed by atoms with Crippen molar-refractivity contribution >= 4 is 56.5 Å². The molecule has 1 N–H and O–H groups in total. The highest BCUT2D eigenvalue weighted by Crippen LogP contribution is 2.39. The summed E-state index contributed by atoms with van der Waals surface area (Å²) in [5, 5.41) is 2.22. The van der Waals surface area contributed by atoms with Gasteiger partial charge in [0, 0.05) is 5.69 Å². The number of imide groups is 1. The number of hydrogen-bond donors (Lipinski definition) is 1. The van der Waals surface area contributed by atoms with Gasteiger partial charge in [0.15, 0.2) is 11.5 Å². The minimum Gasteiger partial charge on any atom is -0.490 e. The number of aryl methyl sites for hydroxylation is 2. The van der Waals surface area contributed by atoms with Crippen molar-refractivity contribution < 1.29 is 23.9 Å². The Balaban J connectivity index is 1.76. The molecule has 0 aliphatic carbocycles. The van der Waals surface area contributed by atoms with E-state index in [1.54, 1.807) is 24.3 Å². The predicted octanol–water partition coefficient (Wildman–Crippen LogP) is 5.15. The monoisotopic (exact) mass is 542 g/mol. The van der Waals surface area contributed by atoms with Crippen LogP contribution in [0.2, 0.25) is 0 Å². The molecule has 0 bridgehead atoms. The number of thioether (sulfide) groups is 1. The lowest BCUT2D eigenvalue weighted by Crippen LogP contribution is -2.36. The second kappa shape index (κ2) is 11.3. The maximum Gasteiger partial charge on any atom is 0.294 e. The highest BCUT2D eigenvalue weighted by atomic mass is 79.9. The molecular formula is C25H23BrN2O5S. The number of amides is 3. The van der Waals surface area contributed by atoms with E-state index in [9.17, 15) is 14.4 Å². The van der Waals surface area contributed by atoms with Crippen molar-refractivity contribution in [2.24, 2.45) is 0 Å². The Morgan fingerprint density at radius 3 is 2.65 bits per heavy atom. The molecule has 1 saturated heterocycles. The molecule has 0 radical (unpaired) electrons. The maximum atomic E-state index is 12.9. The van der Waals surface area contributed by atoms with Gasteiger partial charge in [-0.2, -0.15) is 0 Å². The van der Waals surface area contributed by atoms with Crippen LogP contribution in [0.1, 0.15) is 23.6 Å². The van der Waals surface area contributed by atoms with Crippen LogP contribution in [0.4, 0.5) is 10.5 Å². The van der Waals surface area contributed by atoms with Crippen LogP contribution in [0.3, 0.4) is 0 Å². The molecule has 1 aliphatic rings. The zero-order valence-corrected chi connectivity index (χ0v) is 21.3. The lowest BCUT2D eigenvalue weighted by molar-refractivity contribution is -0.127. The summed E-state index contributed by atoms with van der Waals surface area (Å²) in [6.07, 6.45) is 6.85. The largest absolute Gasteiger partial charge is 0.490 e. The van der Waals surface area contributed by atoms with Crippen molar-refractivity contribution in [2.45, 2.75) is 20.8 Å². The molecule has 0 spiro atoms. The summed E-state index contributed by atoms with van der Waals surface area (Å²) in [6.45, 7) is 5.84. The summed E-state index contributed by atoms with van der Waals surface area (Å²) in [7, 11) is 0. The molecule has 1 heterocycles. The number of anilines is 1. The third kappa shape index (κ3) is 6.01. The van der Waals surface area contributed by atoms with E-state index in [0.29, 0.717) is 33.8 Å². The summed E-state index contributed by atoms with van der Waals surface area (Å²) in [5.41, 5.74) is 3.36. The van der Waals surface area contributed by atoms with E-state index < -0.39 is 17.1 Å². The summed E-state index contributed by atoms with van der Waals surface area (Å²) in [5.74, 6) is 2.31. The molecule has 34 heavy (non-hydrogen) atoms. The van der Waals surface area contributed by atoms with Crippen molar-refractivity contribution in [2.75, 3.05) is 25.1 Å². The van der Waals surface area contributed by atoms with Crippen LogP contribution < -0.4 is 14.8 Å². The van der Waals surface area contributed by atoms with Crippen LogP contribution in [0.5, 0.6) is 11.5 Å². The molecule has 3 rings (SSSR count). The second-order valence-electron chi connectivity index (χ2n) is 7.37. The van der Waals surface area contributed by atoms with Crippen LogP contribution in [-0.2, 0) is 9.59 Å². The van der Waals surface area contributed by atoms with Crippen molar-refractivity contribution in [1.29, 1.82) is 0 Å². The van der Waals surface area contributed by atoms with Gasteiger partial charge in [-0.15, -0.1) is 6.42 Å². The van der Waals surface area contributed by atoms with E-state index in [-0.39, 0.29) is 18.1 Å². The van der Waals surface area contributed by atoms with Gasteiger partial charge < -0.3 is 14.8 Å². The van der Waals surface area contributed by atoms with E-state index >= 15 is 0 Å². The van der Waals surface area contributed by atoms with E-state index in [1.165, 1.54) is 0 Å². The van der Waals surface area contributed by atoms with Gasteiger partial charge in [0.1, 0.15) is 13.2 Å². The van der Waals surface area contributed by atoms with Gasteiger partial charge in [0.05, 0.1) is 16.0 Å². The van der Waals surface area contributed by atoms with E-state index in [4.69, 9.17) is 15.9 Å². The molecule has 2 aromatic rings. The highest BCUT2D eigenvalue weighted by Gasteiger charge is 2.36. The molecular weight excluding hydrogens is 520 g/mol. The van der Waals surface area contributed by atoms with Gasteiger partial charge in [0.25, 0.3) is 11.1 Å². The fraction of sp³-hybridized carbons (Fsp3) is 0.240. The van der Waals surface area contributed by atoms with E-state index in [0.717, 1.165) is 27.8 Å². The van der Waals surface area contributed by atoms with Crippen molar-refractivity contribution in [3.63, 3.8) is 0 Å². The van der Waals surface area contributed by atoms with Gasteiger partial charge >= 0.3 is 0 Å². The molecule has 1 aliphatic heterocycles. The highest BCUT2D eigenvalue weighted by molar-refractivity contribution is 9.10. The minimum atomic E-state index is -0.535. The Morgan fingerprint density at radius 2 is 1.97 bits per heavy atom. The predicted molar refractivity (Wildman–Crippen MR) is 137 cm³/mol. The normalized spacial score (nSPS) is 14.3. The maximum absolute atomic E-state index is 12.9. The molecule has 9 heteroatoms. The summed E-state index contributed by atoms with van der Waals surface area (Å²) in [4.78, 5) is 38.9. The number of ether oxygens (including phenoxy) is 2. The molecule has 0 saturated carbocycles. The van der Waals surface area contributed by atoms with Gasteiger partial charge in [0.2, 0.25) is 5.91 Å². The Labute approximate surface area is 211 Å². The quantitative estimate of drug-likeness (QED) is 0.366. The van der Waals surface area contributed by atoms with Gasteiger partial charge in [-0.1, -0.05) is 12.0 Å². The Kier molecular flexibility index (Phi) is 8.42. The fourth-order valence-electron chi connectivity index (χ4n) is 3.14. The van der Waals surface area contributed by atoms with Crippen LogP contribution in [-0.4, -0.2) is 41.7 Å². The topological polar surface area (TPSA) is 84.9 Å². The number of hydrogen-bond acceptors (Lipinski definition) is 6. The first kappa shape index (κ1) is 25.4. The Hall–Kier alpha value is -3.22. The van der Waals surface area contributed by atoms with Crippen molar-refractivity contribution in [1.82, 2.24) is 4.90 Å². The lowest BCUT2D eigenvalue weighted by Gasteiger charge is -2.14. The number of rotatable bonds is 8. The first-order valence-electron chi connectivity index (χ1n) is 10.4. The number of terminal acetylenes is 1. The third-order valence-corrected chi connectivity index (χ3v) is 6.39. The number of halogens is 1. The summed E-state index contributed by atoms with van der Waals surface area (Å²) >= 11 is 4.21. The zero-order chi connectivity index (χ0) is 24.8. The minimum absolute atomic E-state index is 0.0706. The molecule has 3 amide bonds. The van der Waals surface area contributed by atoms with Crippen LogP contribution >= 0.6 is 27.7 Å². The number of benzene rings is 2. The molecule has 0 atom stereocenters. The smallest absolute Gasteiger partial charge is 0.294 e. The number of carbonyl (C=O) groups is 3. The number of carbonyl (C=O) groups excluding carboxylic acids is 3. The zero-order valence-electron chi connectivity index (χ0n) is 18.9. The fourth-order valence-corrected chi connectivity index (χ4v) is 4.55. The third-order valence-electron chi connectivity index (χ3n) is 4.90. The lowest BCUT2D eigenvalue weighted by atomic mass is 10.1. The van der Waals surface area contributed by atoms with Crippen molar-refractivity contribution in [3.05, 3.63) is 56.4 Å². The summed E-state index contributed by atoms with van der Waals surface area (Å²) in [6, 6.07) is 8.94. The average molecular weight is 543 g/mol. The molecule has 0 aromatic heterocycles. The first-order chi connectivity index (χ1) is 16.2. The van der Waals surface area contributed by atoms with E-state index in [2.05, 4.69) is 27.2 Å². The van der Waals surface area contributed by atoms with Crippen LogP contribution in [0.15, 0.2) is 39.7 Å². The SMILES string of the molecule is C#CCOc1c(Br)cc(/C=C2\SC(=O)N(CC(=O)Nc3ccc(C)c(C)c3)C2=O)cc1OCC. The van der Waals surface area contributed by atoms with E-state index in [1.807, 2.05) is 32.9 Å².